The topological polar surface area (TPSA) is 78.0 Å². The average Bonchev–Trinajstić information content (AvgIpc) is 3.32. The summed E-state index contributed by atoms with van der Waals surface area (Å²) in [7, 11) is 2.14. The molecule has 0 spiro atoms. The minimum Gasteiger partial charge on any atom is -0.490 e. The summed E-state index contributed by atoms with van der Waals surface area (Å²) in [5.41, 5.74) is 2.78. The Balaban J connectivity index is 1.59. The molecule has 0 saturated carbocycles. The van der Waals surface area contributed by atoms with E-state index < -0.39 is 0 Å². The molecule has 0 fully saturated rings. The third kappa shape index (κ3) is 5.00. The van der Waals surface area contributed by atoms with Crippen molar-refractivity contribution in [1.82, 2.24) is 14.9 Å². The number of alkyl halides is 1. The predicted molar refractivity (Wildman–Crippen MR) is 135 cm³/mol. The number of ether oxygens (including phenoxy) is 4. The lowest BCUT2D eigenvalue weighted by Crippen LogP contribution is -2.20. The number of anilines is 2. The van der Waals surface area contributed by atoms with Crippen LogP contribution >= 0.6 is 15.9 Å². The number of hydrogen-bond donors (Lipinski definition) is 1. The van der Waals surface area contributed by atoms with Gasteiger partial charge in [0.25, 0.3) is 0 Å². The van der Waals surface area contributed by atoms with Crippen molar-refractivity contribution in [2.24, 2.45) is 0 Å². The predicted octanol–water partition coefficient (Wildman–Crippen LogP) is 5.26. The number of aromatic nitrogens is 2. The molecule has 0 amide bonds. The lowest BCUT2D eigenvalue weighted by Gasteiger charge is -2.20. The summed E-state index contributed by atoms with van der Waals surface area (Å²) in [6.07, 6.45) is 5.66. The zero-order valence-corrected chi connectivity index (χ0v) is 20.9. The van der Waals surface area contributed by atoms with Gasteiger partial charge in [-0.1, -0.05) is 22.0 Å². The molecule has 0 aliphatic carbocycles. The Kier molecular flexibility index (Phi) is 7.20. The molecule has 2 aromatic carbocycles. The van der Waals surface area contributed by atoms with Crippen LogP contribution in [-0.4, -0.2) is 53.8 Å². The maximum atomic E-state index is 6.20. The Morgan fingerprint density at radius 1 is 1.09 bits per heavy atom. The van der Waals surface area contributed by atoms with Gasteiger partial charge in [-0.2, -0.15) is 0 Å². The third-order valence-electron chi connectivity index (χ3n) is 5.99. The standard InChI is InChI=1S/C25H29BrN4O4/c1-30-9-3-2-4-10-31-21-12-18-19(13-22(21)32-11-5-8-26)27-15-28-25(18)29-23-17(14-30)6-7-20-24(23)34-16-33-20/h6-7,12-13,15H,2-5,8-11,14,16H2,1H3,(H,27,28,29). The highest BCUT2D eigenvalue weighted by Crippen LogP contribution is 2.44. The number of nitrogens with one attached hydrogen (secondary N) is 1. The van der Waals surface area contributed by atoms with E-state index in [1.165, 1.54) is 0 Å². The molecule has 3 heterocycles. The van der Waals surface area contributed by atoms with Gasteiger partial charge < -0.3 is 29.2 Å². The second-order valence-corrected chi connectivity index (χ2v) is 9.33. The van der Waals surface area contributed by atoms with Crippen LogP contribution in [0.2, 0.25) is 0 Å². The third-order valence-corrected chi connectivity index (χ3v) is 6.55. The van der Waals surface area contributed by atoms with Gasteiger partial charge in [0, 0.05) is 23.3 Å². The van der Waals surface area contributed by atoms with Crippen molar-refractivity contribution in [3.8, 4) is 23.0 Å². The zero-order chi connectivity index (χ0) is 23.3. The summed E-state index contributed by atoms with van der Waals surface area (Å²) in [5, 5.41) is 5.28. The fraction of sp³-hybridized carbons (Fsp3) is 0.440. The van der Waals surface area contributed by atoms with Crippen LogP contribution in [-0.2, 0) is 6.54 Å². The summed E-state index contributed by atoms with van der Waals surface area (Å²) in [4.78, 5) is 11.4. The van der Waals surface area contributed by atoms with Crippen molar-refractivity contribution >= 4 is 38.3 Å². The summed E-state index contributed by atoms with van der Waals surface area (Å²) >= 11 is 3.46. The lowest BCUT2D eigenvalue weighted by atomic mass is 10.1. The van der Waals surface area contributed by atoms with Gasteiger partial charge in [-0.25, -0.2) is 9.97 Å². The molecule has 180 valence electrons. The van der Waals surface area contributed by atoms with Gasteiger partial charge in [0.2, 0.25) is 6.79 Å². The smallest absolute Gasteiger partial charge is 0.231 e. The van der Waals surface area contributed by atoms with Crippen molar-refractivity contribution in [3.05, 3.63) is 36.2 Å². The number of benzene rings is 2. The maximum Gasteiger partial charge on any atom is 0.231 e. The van der Waals surface area contributed by atoms with E-state index in [-0.39, 0.29) is 6.79 Å². The van der Waals surface area contributed by atoms with Crippen LogP contribution < -0.4 is 24.3 Å². The van der Waals surface area contributed by atoms with Crippen LogP contribution in [0.15, 0.2) is 30.6 Å². The van der Waals surface area contributed by atoms with Crippen LogP contribution in [0.1, 0.15) is 31.2 Å². The van der Waals surface area contributed by atoms with E-state index in [1.807, 2.05) is 18.2 Å². The summed E-state index contributed by atoms with van der Waals surface area (Å²) < 4.78 is 23.7. The molecule has 0 radical (unpaired) electrons. The second-order valence-electron chi connectivity index (χ2n) is 8.53. The van der Waals surface area contributed by atoms with Gasteiger partial charge >= 0.3 is 0 Å². The zero-order valence-electron chi connectivity index (χ0n) is 19.3. The molecule has 3 aromatic rings. The van der Waals surface area contributed by atoms with Gasteiger partial charge in [0.15, 0.2) is 23.0 Å². The molecule has 0 atom stereocenters. The molecule has 0 unspecified atom stereocenters. The molecule has 5 rings (SSSR count). The van der Waals surface area contributed by atoms with E-state index in [4.69, 9.17) is 18.9 Å². The number of hydrogen-bond acceptors (Lipinski definition) is 8. The molecule has 1 aromatic heterocycles. The van der Waals surface area contributed by atoms with E-state index in [9.17, 15) is 0 Å². The Labute approximate surface area is 207 Å². The second kappa shape index (κ2) is 10.7. The Morgan fingerprint density at radius 3 is 2.94 bits per heavy atom. The minimum atomic E-state index is 0.209. The van der Waals surface area contributed by atoms with Crippen LogP contribution in [0.5, 0.6) is 23.0 Å². The largest absolute Gasteiger partial charge is 0.490 e. The summed E-state index contributed by atoms with van der Waals surface area (Å²) in [6.45, 7) is 3.24. The van der Waals surface area contributed by atoms with Crippen molar-refractivity contribution in [2.75, 3.05) is 44.2 Å². The highest BCUT2D eigenvalue weighted by Gasteiger charge is 2.23. The highest BCUT2D eigenvalue weighted by atomic mass is 79.9. The Hall–Kier alpha value is -2.78. The first kappa shape index (κ1) is 23.0. The van der Waals surface area contributed by atoms with E-state index >= 15 is 0 Å². The van der Waals surface area contributed by atoms with E-state index in [0.29, 0.717) is 36.3 Å². The fourth-order valence-electron chi connectivity index (χ4n) is 4.24. The monoisotopic (exact) mass is 528 g/mol. The average molecular weight is 529 g/mol. The van der Waals surface area contributed by atoms with Gasteiger partial charge in [-0.15, -0.1) is 0 Å². The summed E-state index contributed by atoms with van der Waals surface area (Å²) in [5.74, 6) is 3.56. The van der Waals surface area contributed by atoms with Crippen LogP contribution in [0, 0.1) is 0 Å². The number of rotatable bonds is 4. The molecule has 34 heavy (non-hydrogen) atoms. The van der Waals surface area contributed by atoms with Crippen LogP contribution in [0.25, 0.3) is 10.9 Å². The first-order valence-electron chi connectivity index (χ1n) is 11.7. The number of nitrogens with zero attached hydrogens (tertiary/aromatic N) is 3. The number of fused-ring (bicyclic) bond motifs is 4. The molecule has 2 aliphatic rings. The molecule has 2 aliphatic heterocycles. The van der Waals surface area contributed by atoms with Crippen LogP contribution in [0.4, 0.5) is 11.5 Å². The SMILES string of the molecule is CN1CCCCCOc2cc3c(ncnc3cc2OCCCBr)Nc2c(ccc3c2OCO3)C1. The normalized spacial score (nSPS) is 16.3. The first-order chi connectivity index (χ1) is 16.7. The molecular formula is C25H29BrN4O4. The van der Waals surface area contributed by atoms with E-state index in [0.717, 1.165) is 72.0 Å². The molecule has 0 saturated heterocycles. The van der Waals surface area contributed by atoms with Gasteiger partial charge in [-0.05, 0) is 57.0 Å². The first-order valence-corrected chi connectivity index (χ1v) is 12.8. The van der Waals surface area contributed by atoms with Crippen molar-refractivity contribution in [2.45, 2.75) is 32.2 Å². The highest BCUT2D eigenvalue weighted by molar-refractivity contribution is 9.09. The molecule has 9 heteroatoms. The molecule has 1 N–H and O–H groups in total. The quantitative estimate of drug-likeness (QED) is 0.362. The molecule has 2 bridgehead atoms. The maximum absolute atomic E-state index is 6.20. The Bertz CT molecular complexity index is 1160. The van der Waals surface area contributed by atoms with Gasteiger partial charge in [0.05, 0.1) is 24.4 Å². The summed E-state index contributed by atoms with van der Waals surface area (Å²) in [6, 6.07) is 7.99. The lowest BCUT2D eigenvalue weighted by molar-refractivity contribution is 0.174. The van der Waals surface area contributed by atoms with E-state index in [1.54, 1.807) is 6.33 Å². The van der Waals surface area contributed by atoms with E-state index in [2.05, 4.69) is 49.2 Å². The van der Waals surface area contributed by atoms with Gasteiger partial charge in [0.1, 0.15) is 12.1 Å². The minimum absolute atomic E-state index is 0.209. The molecule has 8 nitrogen and oxygen atoms in total. The number of halogens is 1. The fourth-order valence-corrected chi connectivity index (χ4v) is 4.47. The van der Waals surface area contributed by atoms with Gasteiger partial charge in [-0.3, -0.25) is 0 Å². The van der Waals surface area contributed by atoms with Crippen molar-refractivity contribution in [3.63, 3.8) is 0 Å². The van der Waals surface area contributed by atoms with Crippen molar-refractivity contribution < 1.29 is 18.9 Å². The Morgan fingerprint density at radius 2 is 2.03 bits per heavy atom. The van der Waals surface area contributed by atoms with Crippen molar-refractivity contribution in [1.29, 1.82) is 0 Å². The molecular weight excluding hydrogens is 500 g/mol. The van der Waals surface area contributed by atoms with Crippen LogP contribution in [0.3, 0.4) is 0 Å².